The molecule has 2 aromatic rings. The van der Waals surface area contributed by atoms with E-state index in [0.717, 1.165) is 12.1 Å². The first-order chi connectivity index (χ1) is 12.6. The van der Waals surface area contributed by atoms with Crippen LogP contribution in [0.5, 0.6) is 0 Å². The van der Waals surface area contributed by atoms with Gasteiger partial charge in [0, 0.05) is 50.2 Å². The van der Waals surface area contributed by atoms with Crippen molar-refractivity contribution in [2.75, 3.05) is 39.3 Å². The van der Waals surface area contributed by atoms with E-state index in [-0.39, 0.29) is 5.91 Å². The van der Waals surface area contributed by atoms with E-state index in [0.29, 0.717) is 44.8 Å². The Labute approximate surface area is 154 Å². The number of thiophene rings is 1. The quantitative estimate of drug-likeness (QED) is 0.867. The fraction of sp³-hybridized carbons (Fsp3) is 0.333. The van der Waals surface area contributed by atoms with Crippen molar-refractivity contribution in [3.05, 3.63) is 57.8 Å². The van der Waals surface area contributed by atoms with Crippen LogP contribution in [0, 0.1) is 11.6 Å². The summed E-state index contributed by atoms with van der Waals surface area (Å²) in [4.78, 5) is 27.8. The van der Waals surface area contributed by atoms with Gasteiger partial charge in [-0.3, -0.25) is 14.5 Å². The summed E-state index contributed by atoms with van der Waals surface area (Å²) in [5.74, 6) is -2.40. The number of amides is 2. The van der Waals surface area contributed by atoms with E-state index in [1.165, 1.54) is 22.3 Å². The van der Waals surface area contributed by atoms with Crippen molar-refractivity contribution in [3.63, 3.8) is 0 Å². The highest BCUT2D eigenvalue weighted by atomic mass is 32.1. The lowest BCUT2D eigenvalue weighted by atomic mass is 10.1. The smallest absolute Gasteiger partial charge is 0.259 e. The molecule has 1 aromatic heterocycles. The molecular weight excluding hydrogens is 360 g/mol. The first kappa shape index (κ1) is 18.5. The van der Waals surface area contributed by atoms with Gasteiger partial charge < -0.3 is 10.2 Å². The summed E-state index contributed by atoms with van der Waals surface area (Å²) in [5.41, 5.74) is 0.154. The maximum Gasteiger partial charge on any atom is 0.259 e. The number of halogens is 2. The number of carbonyl (C=O) groups excluding carboxylic acids is 2. The fourth-order valence-corrected chi connectivity index (χ4v) is 3.49. The number of nitrogens with one attached hydrogen (secondary N) is 1. The zero-order chi connectivity index (χ0) is 18.5. The molecule has 138 valence electrons. The molecule has 0 aliphatic carbocycles. The van der Waals surface area contributed by atoms with Gasteiger partial charge in [0.2, 0.25) is 0 Å². The van der Waals surface area contributed by atoms with Crippen LogP contribution in [0.15, 0.2) is 35.0 Å². The lowest BCUT2D eigenvalue weighted by molar-refractivity contribution is 0.0628. The molecule has 0 bridgehead atoms. The first-order valence-electron chi connectivity index (χ1n) is 8.32. The molecule has 1 aromatic carbocycles. The zero-order valence-corrected chi connectivity index (χ0v) is 14.9. The van der Waals surface area contributed by atoms with Crippen LogP contribution >= 0.6 is 11.3 Å². The predicted octanol–water partition coefficient (Wildman–Crippen LogP) is 2.21. The van der Waals surface area contributed by atoms with Crippen LogP contribution in [0.1, 0.15) is 20.7 Å². The third kappa shape index (κ3) is 4.25. The number of rotatable bonds is 5. The summed E-state index contributed by atoms with van der Waals surface area (Å²) >= 11 is 1.47. The van der Waals surface area contributed by atoms with Crippen molar-refractivity contribution in [1.29, 1.82) is 0 Å². The Morgan fingerprint density at radius 1 is 1.08 bits per heavy atom. The molecule has 8 heteroatoms. The molecule has 1 aliphatic rings. The van der Waals surface area contributed by atoms with Gasteiger partial charge in [-0.05, 0) is 23.6 Å². The first-order valence-corrected chi connectivity index (χ1v) is 9.26. The van der Waals surface area contributed by atoms with Gasteiger partial charge in [0.1, 0.15) is 17.2 Å². The minimum Gasteiger partial charge on any atom is -0.351 e. The molecule has 0 atom stereocenters. The van der Waals surface area contributed by atoms with Gasteiger partial charge in [0.25, 0.3) is 11.8 Å². The van der Waals surface area contributed by atoms with Gasteiger partial charge in [-0.2, -0.15) is 11.3 Å². The third-order valence-corrected chi connectivity index (χ3v) is 5.02. The molecule has 5 nitrogen and oxygen atoms in total. The molecule has 2 amide bonds. The summed E-state index contributed by atoms with van der Waals surface area (Å²) in [6.07, 6.45) is 0. The van der Waals surface area contributed by atoms with Crippen LogP contribution < -0.4 is 5.32 Å². The maximum absolute atomic E-state index is 13.8. The van der Waals surface area contributed by atoms with Gasteiger partial charge in [-0.25, -0.2) is 8.78 Å². The number of carbonyl (C=O) groups is 2. The molecule has 1 N–H and O–H groups in total. The molecule has 0 saturated carbocycles. The van der Waals surface area contributed by atoms with Crippen molar-refractivity contribution < 1.29 is 18.4 Å². The lowest BCUT2D eigenvalue weighted by Crippen LogP contribution is -2.50. The largest absolute Gasteiger partial charge is 0.351 e. The van der Waals surface area contributed by atoms with Crippen molar-refractivity contribution in [1.82, 2.24) is 15.1 Å². The Morgan fingerprint density at radius 3 is 2.38 bits per heavy atom. The van der Waals surface area contributed by atoms with Crippen LogP contribution in [0.4, 0.5) is 8.78 Å². The van der Waals surface area contributed by atoms with E-state index in [4.69, 9.17) is 0 Å². The molecular formula is C18H19F2N3O2S. The number of piperazine rings is 1. The number of hydrogen-bond acceptors (Lipinski definition) is 4. The van der Waals surface area contributed by atoms with E-state index in [1.807, 2.05) is 5.38 Å². The molecule has 1 aliphatic heterocycles. The zero-order valence-electron chi connectivity index (χ0n) is 14.1. The van der Waals surface area contributed by atoms with Gasteiger partial charge in [-0.15, -0.1) is 0 Å². The van der Waals surface area contributed by atoms with Crippen LogP contribution in [0.25, 0.3) is 0 Å². The molecule has 3 rings (SSSR count). The minimum atomic E-state index is -0.839. The minimum absolute atomic E-state index is 0.102. The van der Waals surface area contributed by atoms with Gasteiger partial charge >= 0.3 is 0 Å². The highest BCUT2D eigenvalue weighted by Crippen LogP contribution is 2.16. The second-order valence-electron chi connectivity index (χ2n) is 6.00. The predicted molar refractivity (Wildman–Crippen MR) is 95.4 cm³/mol. The van der Waals surface area contributed by atoms with Crippen LogP contribution in [0.2, 0.25) is 0 Å². The summed E-state index contributed by atoms with van der Waals surface area (Å²) in [6.45, 7) is 3.14. The topological polar surface area (TPSA) is 52.7 Å². The Bertz CT molecular complexity index is 754. The van der Waals surface area contributed by atoms with E-state index < -0.39 is 23.1 Å². The summed E-state index contributed by atoms with van der Waals surface area (Å²) in [5, 5.41) is 6.50. The monoisotopic (exact) mass is 379 g/mol. The van der Waals surface area contributed by atoms with Gasteiger partial charge in [0.15, 0.2) is 0 Å². The Kier molecular flexibility index (Phi) is 5.95. The lowest BCUT2D eigenvalue weighted by Gasteiger charge is -2.34. The average molecular weight is 379 g/mol. The Balaban J connectivity index is 1.45. The van der Waals surface area contributed by atoms with Crippen LogP contribution in [0.3, 0.4) is 0 Å². The Hall–Kier alpha value is -2.32. The summed E-state index contributed by atoms with van der Waals surface area (Å²) in [7, 11) is 0. The average Bonchev–Trinajstić information content (AvgIpc) is 3.17. The van der Waals surface area contributed by atoms with E-state index >= 15 is 0 Å². The summed E-state index contributed by atoms with van der Waals surface area (Å²) < 4.78 is 27.5. The van der Waals surface area contributed by atoms with Crippen LogP contribution in [-0.2, 0) is 0 Å². The highest BCUT2D eigenvalue weighted by Gasteiger charge is 2.26. The number of hydrogen-bond donors (Lipinski definition) is 1. The number of benzene rings is 1. The molecule has 0 spiro atoms. The second-order valence-corrected chi connectivity index (χ2v) is 6.78. The Morgan fingerprint density at radius 2 is 1.77 bits per heavy atom. The van der Waals surface area contributed by atoms with E-state index in [1.54, 1.807) is 11.4 Å². The molecule has 2 heterocycles. The fourth-order valence-electron chi connectivity index (χ4n) is 2.86. The molecule has 0 radical (unpaired) electrons. The molecule has 26 heavy (non-hydrogen) atoms. The standard InChI is InChI=1S/C18H19F2N3O2S/c19-14-2-1-3-15(20)16(14)18(25)23-9-7-22(8-10-23)6-5-21-17(24)13-4-11-26-12-13/h1-4,11-12H,5-10H2,(H,21,24). The highest BCUT2D eigenvalue weighted by molar-refractivity contribution is 7.08. The third-order valence-electron chi connectivity index (χ3n) is 4.33. The summed E-state index contributed by atoms with van der Waals surface area (Å²) in [6, 6.07) is 5.18. The second kappa shape index (κ2) is 8.37. The van der Waals surface area contributed by atoms with Crippen LogP contribution in [-0.4, -0.2) is 60.9 Å². The van der Waals surface area contributed by atoms with Crippen molar-refractivity contribution in [3.8, 4) is 0 Å². The molecule has 1 fully saturated rings. The molecule has 1 saturated heterocycles. The SMILES string of the molecule is O=C(NCCN1CCN(C(=O)c2c(F)cccc2F)CC1)c1ccsc1. The van der Waals surface area contributed by atoms with Crippen molar-refractivity contribution in [2.24, 2.45) is 0 Å². The molecule has 0 unspecified atom stereocenters. The normalized spacial score (nSPS) is 15.1. The number of nitrogens with zero attached hydrogens (tertiary/aromatic N) is 2. The van der Waals surface area contributed by atoms with Gasteiger partial charge in [0.05, 0.1) is 0 Å². The van der Waals surface area contributed by atoms with Crippen molar-refractivity contribution in [2.45, 2.75) is 0 Å². The van der Waals surface area contributed by atoms with E-state index in [2.05, 4.69) is 10.2 Å². The van der Waals surface area contributed by atoms with Crippen molar-refractivity contribution >= 4 is 23.2 Å². The van der Waals surface area contributed by atoms with Gasteiger partial charge in [-0.1, -0.05) is 6.07 Å². The maximum atomic E-state index is 13.8. The van der Waals surface area contributed by atoms with E-state index in [9.17, 15) is 18.4 Å².